The number of carbonyl (C=O) groups is 1. The van der Waals surface area contributed by atoms with Gasteiger partial charge in [0.15, 0.2) is 0 Å². The Balaban J connectivity index is 1.49. The smallest absolute Gasteiger partial charge is 0.345 e. The molecule has 0 atom stereocenters. The van der Waals surface area contributed by atoms with E-state index in [1.54, 1.807) is 17.6 Å². The number of rotatable bonds is 10. The maximum absolute atomic E-state index is 13.2. The van der Waals surface area contributed by atoms with Gasteiger partial charge in [0.1, 0.15) is 23.7 Å². The van der Waals surface area contributed by atoms with Gasteiger partial charge in [0.05, 0.1) is 19.3 Å². The molecule has 11 heteroatoms. The normalized spacial score (nSPS) is 10.9. The van der Waals surface area contributed by atoms with Crippen molar-refractivity contribution in [2.75, 3.05) is 7.11 Å². The fourth-order valence-corrected chi connectivity index (χ4v) is 4.10. The summed E-state index contributed by atoms with van der Waals surface area (Å²) in [6, 6.07) is 12.9. The summed E-state index contributed by atoms with van der Waals surface area (Å²) < 4.78 is 12.3. The Labute approximate surface area is 218 Å². The van der Waals surface area contributed by atoms with Crippen LogP contribution in [-0.4, -0.2) is 43.3 Å². The highest BCUT2D eigenvalue weighted by molar-refractivity contribution is 6.31. The summed E-state index contributed by atoms with van der Waals surface area (Å²) in [6.45, 7) is 4.28. The Morgan fingerprint density at radius 1 is 1.16 bits per heavy atom. The maximum atomic E-state index is 13.2. The minimum Gasteiger partial charge on any atom is -0.489 e. The lowest BCUT2D eigenvalue weighted by Gasteiger charge is -2.15. The van der Waals surface area contributed by atoms with Crippen molar-refractivity contribution in [3.63, 3.8) is 0 Å². The van der Waals surface area contributed by atoms with E-state index in [2.05, 4.69) is 32.5 Å². The molecule has 4 rings (SSSR count). The first-order chi connectivity index (χ1) is 17.9. The van der Waals surface area contributed by atoms with E-state index >= 15 is 0 Å². The molecule has 0 radical (unpaired) electrons. The van der Waals surface area contributed by atoms with Gasteiger partial charge < -0.3 is 9.47 Å². The molecule has 0 spiro atoms. The second-order valence-electron chi connectivity index (χ2n) is 8.45. The molecule has 10 nitrogen and oxygen atoms in total. The van der Waals surface area contributed by atoms with E-state index in [1.165, 1.54) is 7.11 Å². The summed E-state index contributed by atoms with van der Waals surface area (Å²) in [5.41, 5.74) is 2.38. The summed E-state index contributed by atoms with van der Waals surface area (Å²) >= 11 is 6.41. The van der Waals surface area contributed by atoms with Crippen molar-refractivity contribution in [2.24, 2.45) is 0 Å². The molecule has 1 N–H and O–H groups in total. The zero-order valence-electron chi connectivity index (χ0n) is 20.8. The number of carbonyl (C=O) groups excluding carboxylic acids is 1. The Morgan fingerprint density at radius 2 is 1.95 bits per heavy atom. The molecule has 0 aliphatic rings. The van der Waals surface area contributed by atoms with Gasteiger partial charge in [-0.2, -0.15) is 5.21 Å². The van der Waals surface area contributed by atoms with Crippen LogP contribution < -0.4 is 10.3 Å². The van der Waals surface area contributed by atoms with Crippen LogP contribution in [0.4, 0.5) is 0 Å². The van der Waals surface area contributed by atoms with E-state index in [4.69, 9.17) is 21.1 Å². The zero-order valence-corrected chi connectivity index (χ0v) is 21.6. The van der Waals surface area contributed by atoms with Crippen LogP contribution in [-0.2, 0) is 24.3 Å². The number of H-pyrrole nitrogens is 1. The minimum absolute atomic E-state index is 0.0371. The fraction of sp³-hybridized carbons (Fsp3) is 0.308. The van der Waals surface area contributed by atoms with E-state index in [1.807, 2.05) is 36.4 Å². The molecule has 192 valence electrons. The quantitative estimate of drug-likeness (QED) is 0.308. The van der Waals surface area contributed by atoms with Crippen molar-refractivity contribution >= 4 is 17.6 Å². The molecule has 2 aromatic carbocycles. The van der Waals surface area contributed by atoms with Gasteiger partial charge in [-0.1, -0.05) is 49.2 Å². The minimum atomic E-state index is -0.682. The topological polar surface area (TPSA) is 125 Å². The number of nitrogens with one attached hydrogen (secondary N) is 1. The van der Waals surface area contributed by atoms with Crippen LogP contribution in [0.15, 0.2) is 47.3 Å². The van der Waals surface area contributed by atoms with Crippen LogP contribution in [0.25, 0.3) is 11.4 Å². The second kappa shape index (κ2) is 11.8. The molecule has 2 aromatic heterocycles. The van der Waals surface area contributed by atoms with E-state index in [0.717, 1.165) is 29.5 Å². The third-order valence-electron chi connectivity index (χ3n) is 5.89. The van der Waals surface area contributed by atoms with Crippen LogP contribution >= 0.6 is 11.6 Å². The first kappa shape index (κ1) is 26.0. The number of halogens is 1. The summed E-state index contributed by atoms with van der Waals surface area (Å²) in [5, 5.41) is 14.4. The molecule has 0 unspecified atom stereocenters. The van der Waals surface area contributed by atoms with E-state index in [0.29, 0.717) is 34.5 Å². The average Bonchev–Trinajstić information content (AvgIpc) is 3.44. The number of ether oxygens (including phenoxy) is 2. The molecule has 0 aliphatic heterocycles. The Kier molecular flexibility index (Phi) is 8.29. The number of hydrogen-bond donors (Lipinski definition) is 1. The first-order valence-corrected chi connectivity index (χ1v) is 12.2. The average molecular weight is 523 g/mol. The van der Waals surface area contributed by atoms with Crippen LogP contribution in [0, 0.1) is 6.92 Å². The molecule has 0 bridgehead atoms. The number of methoxy groups -OCH3 is 1. The van der Waals surface area contributed by atoms with Gasteiger partial charge in [-0.3, -0.25) is 9.36 Å². The highest BCUT2D eigenvalue weighted by Gasteiger charge is 2.20. The Morgan fingerprint density at radius 3 is 2.59 bits per heavy atom. The predicted octanol–water partition coefficient (Wildman–Crippen LogP) is 4.14. The van der Waals surface area contributed by atoms with Crippen molar-refractivity contribution in [2.45, 2.75) is 46.3 Å². The fourth-order valence-electron chi connectivity index (χ4n) is 3.86. The number of nitrogens with zero attached hydrogens (tertiary/aromatic N) is 5. The van der Waals surface area contributed by atoms with Gasteiger partial charge >= 0.3 is 5.97 Å². The monoisotopic (exact) mass is 522 g/mol. The molecule has 0 saturated carbocycles. The van der Waals surface area contributed by atoms with E-state index in [-0.39, 0.29) is 18.7 Å². The molecule has 0 aliphatic carbocycles. The summed E-state index contributed by atoms with van der Waals surface area (Å²) in [6.07, 6.45) is 2.49. The first-order valence-electron chi connectivity index (χ1n) is 11.8. The van der Waals surface area contributed by atoms with Crippen molar-refractivity contribution < 1.29 is 14.3 Å². The number of aromatic nitrogens is 6. The highest BCUT2D eigenvalue weighted by Crippen LogP contribution is 2.24. The van der Waals surface area contributed by atoms with Gasteiger partial charge in [0.2, 0.25) is 5.82 Å². The second-order valence-corrected chi connectivity index (χ2v) is 8.86. The largest absolute Gasteiger partial charge is 0.489 e. The SMILES string of the molecule is CCCCc1nc(C)c(C(=O)OC)c(=O)n1Cc1ccc(OCc2ccc(-c3nn[nH]n3)cc2Cl)cc1. The van der Waals surface area contributed by atoms with Crippen LogP contribution in [0.5, 0.6) is 5.75 Å². The zero-order chi connectivity index (χ0) is 26.4. The Bertz CT molecular complexity index is 1430. The number of aromatic amines is 1. The van der Waals surface area contributed by atoms with Gasteiger partial charge in [0.25, 0.3) is 5.56 Å². The highest BCUT2D eigenvalue weighted by atomic mass is 35.5. The third-order valence-corrected chi connectivity index (χ3v) is 6.24. The van der Waals surface area contributed by atoms with E-state index in [9.17, 15) is 9.59 Å². The molecule has 0 amide bonds. The number of hydrogen-bond acceptors (Lipinski definition) is 8. The van der Waals surface area contributed by atoms with Gasteiger partial charge in [0, 0.05) is 22.6 Å². The molecule has 0 fully saturated rings. The molecular formula is C26H27ClN6O4. The van der Waals surface area contributed by atoms with Crippen LogP contribution in [0.2, 0.25) is 5.02 Å². The van der Waals surface area contributed by atoms with Crippen molar-refractivity contribution in [3.8, 4) is 17.1 Å². The van der Waals surface area contributed by atoms with E-state index < -0.39 is 11.5 Å². The Hall–Kier alpha value is -4.05. The number of aryl methyl sites for hydroxylation is 2. The van der Waals surface area contributed by atoms with Crippen molar-refractivity contribution in [1.82, 2.24) is 30.2 Å². The number of esters is 1. The molecule has 0 saturated heterocycles. The summed E-state index contributed by atoms with van der Waals surface area (Å²) in [7, 11) is 1.25. The van der Waals surface area contributed by atoms with Crippen molar-refractivity contribution in [3.05, 3.63) is 86.0 Å². The van der Waals surface area contributed by atoms with Gasteiger partial charge in [-0.15, -0.1) is 10.2 Å². The number of tetrazole rings is 1. The number of benzene rings is 2. The molecule has 4 aromatic rings. The lowest BCUT2D eigenvalue weighted by Crippen LogP contribution is -2.32. The predicted molar refractivity (Wildman–Crippen MR) is 138 cm³/mol. The standard InChI is InChI=1S/C26H27ClN6O4/c1-4-5-6-22-28-16(2)23(26(35)36-3)25(34)33(22)14-17-7-11-20(12-8-17)37-15-19-10-9-18(13-21(19)27)24-29-31-32-30-24/h7-13H,4-6,14-15H2,1-3H3,(H,29,30,31,32). The third kappa shape index (κ3) is 6.03. The number of unbranched alkanes of at least 4 members (excludes halogenated alkanes) is 1. The van der Waals surface area contributed by atoms with Crippen LogP contribution in [0.3, 0.4) is 0 Å². The molecule has 37 heavy (non-hydrogen) atoms. The molecular weight excluding hydrogens is 496 g/mol. The lowest BCUT2D eigenvalue weighted by molar-refractivity contribution is 0.0596. The summed E-state index contributed by atoms with van der Waals surface area (Å²) in [5.74, 6) is 1.08. The molecule has 2 heterocycles. The lowest BCUT2D eigenvalue weighted by atomic mass is 10.1. The van der Waals surface area contributed by atoms with Crippen molar-refractivity contribution in [1.29, 1.82) is 0 Å². The van der Waals surface area contributed by atoms with Crippen LogP contribution in [0.1, 0.15) is 52.8 Å². The van der Waals surface area contributed by atoms with Gasteiger partial charge in [-0.05, 0) is 42.3 Å². The summed E-state index contributed by atoms with van der Waals surface area (Å²) in [4.78, 5) is 30.0. The van der Waals surface area contributed by atoms with Gasteiger partial charge in [-0.25, -0.2) is 9.78 Å². The maximum Gasteiger partial charge on any atom is 0.345 e.